The van der Waals surface area contributed by atoms with Crippen LogP contribution in [0.4, 0.5) is 0 Å². The molecule has 0 N–H and O–H groups in total. The third kappa shape index (κ3) is 9.79. The summed E-state index contributed by atoms with van der Waals surface area (Å²) in [4.78, 5) is 28.7. The highest BCUT2D eigenvalue weighted by molar-refractivity contribution is 6.04. The lowest BCUT2D eigenvalue weighted by Crippen LogP contribution is -2.19. The van der Waals surface area contributed by atoms with Crippen molar-refractivity contribution in [2.45, 2.75) is 144 Å². The van der Waals surface area contributed by atoms with Crippen molar-refractivity contribution in [3.8, 4) is 23.0 Å². The molecule has 0 saturated heterocycles. The fourth-order valence-electron chi connectivity index (χ4n) is 8.58. The third-order valence-corrected chi connectivity index (χ3v) is 12.4. The van der Waals surface area contributed by atoms with E-state index in [4.69, 9.17) is 28.4 Å². The molecule has 8 nitrogen and oxygen atoms in total. The largest absolute Gasteiger partial charge is 0.496 e. The average Bonchev–Trinajstić information content (AvgIpc) is 3.21. The van der Waals surface area contributed by atoms with Crippen molar-refractivity contribution >= 4 is 11.9 Å². The fraction of sp³-hybridized carbons (Fsp3) is 0.429. The Balaban J connectivity index is 1.53. The second kappa shape index (κ2) is 17.5. The van der Waals surface area contributed by atoms with Crippen molar-refractivity contribution < 1.29 is 38.0 Å². The van der Waals surface area contributed by atoms with Crippen LogP contribution in [0.5, 0.6) is 23.0 Å². The van der Waals surface area contributed by atoms with Crippen LogP contribution in [0.15, 0.2) is 72.8 Å². The molecule has 5 aromatic carbocycles. The van der Waals surface area contributed by atoms with Crippen LogP contribution in [0, 0.1) is 0 Å². The maximum Gasteiger partial charge on any atom is 0.344 e. The molecule has 0 aliphatic carbocycles. The average molecular weight is 867 g/mol. The zero-order valence-electron chi connectivity index (χ0n) is 40.4. The van der Waals surface area contributed by atoms with Gasteiger partial charge in [0.05, 0.1) is 51.8 Å². The molecule has 7 rings (SSSR count). The van der Waals surface area contributed by atoms with Crippen molar-refractivity contribution in [3.63, 3.8) is 0 Å². The predicted octanol–water partition coefficient (Wildman–Crippen LogP) is 12.6. The maximum absolute atomic E-state index is 14.4. The van der Waals surface area contributed by atoms with Gasteiger partial charge in [-0.1, -0.05) is 119 Å². The van der Waals surface area contributed by atoms with Crippen LogP contribution in [0.1, 0.15) is 171 Å². The number of carbonyl (C=O) groups excluding carboxylic acids is 2. The summed E-state index contributed by atoms with van der Waals surface area (Å²) in [6, 6.07) is 23.9. The SMILES string of the molecule is COc1c2cc(C(C)(C)C)cc1Cc1cc(C(C)(C)C)cc(c1OC)COCc1cc(C(C)(C)C)cc3c1OC(=O)c1ccccc1C(=O)Oc1c(cc(C(C)(C)C)cc1C3)COC2. The van der Waals surface area contributed by atoms with Crippen LogP contribution in [-0.4, -0.2) is 26.2 Å². The van der Waals surface area contributed by atoms with Crippen molar-refractivity contribution in [2.24, 2.45) is 0 Å². The van der Waals surface area contributed by atoms with Crippen LogP contribution < -0.4 is 18.9 Å². The van der Waals surface area contributed by atoms with Crippen LogP contribution in [0.2, 0.25) is 0 Å². The summed E-state index contributed by atoms with van der Waals surface area (Å²) >= 11 is 0. The van der Waals surface area contributed by atoms with Crippen LogP contribution in [-0.2, 0) is 70.4 Å². The molecule has 2 aliphatic heterocycles. The Bertz CT molecular complexity index is 2430. The van der Waals surface area contributed by atoms with E-state index < -0.39 is 11.9 Å². The Labute approximate surface area is 380 Å². The second-order valence-corrected chi connectivity index (χ2v) is 21.6. The number of carbonyl (C=O) groups is 2. The van der Waals surface area contributed by atoms with Crippen LogP contribution in [0.3, 0.4) is 0 Å². The Hall–Kier alpha value is -5.44. The molecule has 0 fully saturated rings. The molecule has 0 spiro atoms. The number of methoxy groups -OCH3 is 2. The van der Waals surface area contributed by atoms with E-state index in [-0.39, 0.29) is 59.2 Å². The third-order valence-electron chi connectivity index (χ3n) is 12.4. The highest BCUT2D eigenvalue weighted by Crippen LogP contribution is 2.42. The molecule has 0 atom stereocenters. The normalized spacial score (nSPS) is 15.2. The molecule has 8 heteroatoms. The van der Waals surface area contributed by atoms with E-state index in [0.717, 1.165) is 67.1 Å². The molecular formula is C56H66O8. The van der Waals surface area contributed by atoms with Crippen LogP contribution in [0.25, 0.3) is 0 Å². The Morgan fingerprint density at radius 3 is 1.02 bits per heavy atom. The summed E-state index contributed by atoms with van der Waals surface area (Å²) in [5, 5.41) is 0. The van der Waals surface area contributed by atoms with E-state index in [1.165, 1.54) is 0 Å². The molecule has 2 aliphatic rings. The van der Waals surface area contributed by atoms with Gasteiger partial charge in [-0.25, -0.2) is 9.59 Å². The smallest absolute Gasteiger partial charge is 0.344 e. The van der Waals surface area contributed by atoms with Gasteiger partial charge in [-0.15, -0.1) is 0 Å². The topological polar surface area (TPSA) is 89.5 Å². The summed E-state index contributed by atoms with van der Waals surface area (Å²) in [7, 11) is 3.42. The van der Waals surface area contributed by atoms with Gasteiger partial charge in [-0.3, -0.25) is 0 Å². The molecule has 0 radical (unpaired) electrons. The first-order valence-electron chi connectivity index (χ1n) is 22.4. The van der Waals surface area contributed by atoms with E-state index in [1.807, 2.05) is 0 Å². The van der Waals surface area contributed by atoms with Crippen molar-refractivity contribution in [1.29, 1.82) is 0 Å². The molecule has 10 bridgehead atoms. The van der Waals surface area contributed by atoms with Crippen molar-refractivity contribution in [3.05, 3.63) is 151 Å². The Morgan fingerprint density at radius 1 is 0.406 bits per heavy atom. The van der Waals surface area contributed by atoms with Crippen LogP contribution >= 0.6 is 0 Å². The zero-order chi connectivity index (χ0) is 46.5. The molecule has 0 unspecified atom stereocenters. The first kappa shape index (κ1) is 46.5. The fourth-order valence-corrected chi connectivity index (χ4v) is 8.58. The number of fused-ring (bicyclic) bond motifs is 5. The minimum Gasteiger partial charge on any atom is -0.496 e. The predicted molar refractivity (Wildman–Crippen MR) is 253 cm³/mol. The number of rotatable bonds is 2. The summed E-state index contributed by atoms with van der Waals surface area (Å²) < 4.78 is 39.0. The summed E-state index contributed by atoms with van der Waals surface area (Å²) in [6.07, 6.45) is 0.833. The van der Waals surface area contributed by atoms with Gasteiger partial charge in [0, 0.05) is 46.2 Å². The minimum absolute atomic E-state index is 0.106. The van der Waals surface area contributed by atoms with Gasteiger partial charge in [0.1, 0.15) is 23.0 Å². The molecule has 5 aromatic rings. The number of benzene rings is 5. The van der Waals surface area contributed by atoms with Crippen molar-refractivity contribution in [2.75, 3.05) is 14.2 Å². The summed E-state index contributed by atoms with van der Waals surface area (Å²) in [5.41, 5.74) is 10.5. The monoisotopic (exact) mass is 866 g/mol. The highest BCUT2D eigenvalue weighted by atomic mass is 16.5. The molecule has 0 amide bonds. The van der Waals surface area contributed by atoms with Gasteiger partial charge >= 0.3 is 11.9 Å². The molecule has 2 heterocycles. The van der Waals surface area contributed by atoms with E-state index in [2.05, 4.69) is 132 Å². The van der Waals surface area contributed by atoms with E-state index >= 15 is 0 Å². The van der Waals surface area contributed by atoms with E-state index in [9.17, 15) is 9.59 Å². The number of ether oxygens (including phenoxy) is 6. The van der Waals surface area contributed by atoms with Gasteiger partial charge in [-0.05, 0) is 91.4 Å². The van der Waals surface area contributed by atoms with Crippen molar-refractivity contribution in [1.82, 2.24) is 0 Å². The van der Waals surface area contributed by atoms with E-state index in [0.29, 0.717) is 35.5 Å². The van der Waals surface area contributed by atoms with Gasteiger partial charge in [-0.2, -0.15) is 0 Å². The molecule has 0 aromatic heterocycles. The van der Waals surface area contributed by atoms with Gasteiger partial charge in [0.15, 0.2) is 0 Å². The molecule has 64 heavy (non-hydrogen) atoms. The second-order valence-electron chi connectivity index (χ2n) is 21.6. The van der Waals surface area contributed by atoms with Gasteiger partial charge in [0.25, 0.3) is 0 Å². The molecular weight excluding hydrogens is 801 g/mol. The number of hydrogen-bond donors (Lipinski definition) is 0. The maximum atomic E-state index is 14.4. The quantitative estimate of drug-likeness (QED) is 0.128. The lowest BCUT2D eigenvalue weighted by Gasteiger charge is -2.27. The lowest BCUT2D eigenvalue weighted by molar-refractivity contribution is 0.0677. The standard InChI is InChI=1S/C56H66O8/c1-53(2,3)41-21-33-19-34-22-42(54(4,5)6)26-38(48(34)60-14)30-62-32-40-28-44(56(10,11)12)24-36-20-35-23-43(55(7,8)9)27-39(31-61-29-37(25-41)47(33)59-13)49(35)63-51(57)45-17-15-16-18-46(45)52(58)64-50(36)40/h15-18,21-28H,19-20,29-32H2,1-14H3. The Morgan fingerprint density at radius 2 is 0.688 bits per heavy atom. The lowest BCUT2D eigenvalue weighted by atomic mass is 9.82. The highest BCUT2D eigenvalue weighted by Gasteiger charge is 2.31. The first-order chi connectivity index (χ1) is 30.0. The Kier molecular flexibility index (Phi) is 12.7. The van der Waals surface area contributed by atoms with Gasteiger partial charge < -0.3 is 28.4 Å². The molecule has 338 valence electrons. The summed E-state index contributed by atoms with van der Waals surface area (Å²) in [5.74, 6) is 0.988. The summed E-state index contributed by atoms with van der Waals surface area (Å²) in [6.45, 7) is 27.0. The van der Waals surface area contributed by atoms with E-state index in [1.54, 1.807) is 38.5 Å². The number of hydrogen-bond acceptors (Lipinski definition) is 8. The first-order valence-corrected chi connectivity index (χ1v) is 22.4. The number of esters is 2. The minimum atomic E-state index is -0.656. The van der Waals surface area contributed by atoms with Gasteiger partial charge in [0.2, 0.25) is 0 Å². The zero-order valence-corrected chi connectivity index (χ0v) is 40.4. The molecule has 0 saturated carbocycles.